The molecule has 0 aliphatic heterocycles. The number of alkyl halides is 3. The van der Waals surface area contributed by atoms with E-state index in [0.717, 1.165) is 6.92 Å². The van der Waals surface area contributed by atoms with Gasteiger partial charge in [-0.25, -0.2) is 4.39 Å². The van der Waals surface area contributed by atoms with Crippen LogP contribution in [0.3, 0.4) is 0 Å². The third-order valence-corrected chi connectivity index (χ3v) is 3.55. The van der Waals surface area contributed by atoms with Crippen LogP contribution in [0, 0.1) is 0 Å². The zero-order chi connectivity index (χ0) is 20.0. The van der Waals surface area contributed by atoms with Crippen molar-refractivity contribution in [3.8, 4) is 23.0 Å². The summed E-state index contributed by atoms with van der Waals surface area (Å²) in [5.41, 5.74) is 4.48. The van der Waals surface area contributed by atoms with Gasteiger partial charge < -0.3 is 18.9 Å². The molecule has 4 nitrogen and oxygen atoms in total. The van der Waals surface area contributed by atoms with Gasteiger partial charge >= 0.3 is 6.61 Å². The summed E-state index contributed by atoms with van der Waals surface area (Å²) in [6, 6.07) is 9.34. The van der Waals surface area contributed by atoms with Crippen molar-refractivity contribution in [1.82, 2.24) is 0 Å². The minimum atomic E-state index is -3.06. The Morgan fingerprint density at radius 3 is 2.00 bits per heavy atom. The van der Waals surface area contributed by atoms with Crippen LogP contribution in [0.5, 0.6) is 23.0 Å². The summed E-state index contributed by atoms with van der Waals surface area (Å²) < 4.78 is 58.3. The van der Waals surface area contributed by atoms with Crippen molar-refractivity contribution in [2.24, 2.45) is 0 Å². The highest BCUT2D eigenvalue weighted by Gasteiger charge is 2.16. The normalized spacial score (nSPS) is 11.5. The van der Waals surface area contributed by atoms with Gasteiger partial charge in [0.05, 0.1) is 14.2 Å². The minimum Gasteiger partial charge on any atom is -0.497 e. The van der Waals surface area contributed by atoms with Crippen molar-refractivity contribution in [2.75, 3.05) is 14.2 Å². The highest BCUT2D eigenvalue weighted by Crippen LogP contribution is 2.36. The number of hydrogen-bond donors (Lipinski definition) is 0. The molecule has 27 heavy (non-hydrogen) atoms. The van der Waals surface area contributed by atoms with Crippen LogP contribution in [-0.2, 0) is 0 Å². The Kier molecular flexibility index (Phi) is 6.79. The van der Waals surface area contributed by atoms with Gasteiger partial charge in [-0.15, -0.1) is 5.73 Å². The molecule has 2 aromatic carbocycles. The van der Waals surface area contributed by atoms with Crippen LogP contribution in [0.2, 0.25) is 0 Å². The zero-order valence-corrected chi connectivity index (χ0v) is 15.1. The van der Waals surface area contributed by atoms with Gasteiger partial charge in [0, 0.05) is 18.6 Å². The molecule has 0 spiro atoms. The fourth-order valence-corrected chi connectivity index (χ4v) is 2.45. The maximum Gasteiger partial charge on any atom is 0.387 e. The second kappa shape index (κ2) is 9.05. The van der Waals surface area contributed by atoms with E-state index in [0.29, 0.717) is 28.2 Å². The first kappa shape index (κ1) is 20.3. The van der Waals surface area contributed by atoms with Gasteiger partial charge in [0.1, 0.15) is 11.5 Å². The molecular weight excluding hydrogens is 361 g/mol. The molecule has 1 unspecified atom stereocenters. The van der Waals surface area contributed by atoms with E-state index in [1.165, 1.54) is 32.4 Å². The fourth-order valence-electron chi connectivity index (χ4n) is 2.45. The standard InChI is InChI=1S/C20H19F3O4/c1-5-17(14-8-15(24-3)11-16(9-14)25-4)13-6-7-18(27-20(22)23)19(10-13)26-12(2)21/h6-12,20H,1H2,2-4H3. The second-order valence-electron chi connectivity index (χ2n) is 5.35. The molecule has 7 heteroatoms. The number of rotatable bonds is 8. The Bertz CT molecular complexity index is 821. The zero-order valence-electron chi connectivity index (χ0n) is 15.1. The van der Waals surface area contributed by atoms with Crippen molar-refractivity contribution in [2.45, 2.75) is 19.9 Å². The molecule has 0 radical (unpaired) electrons. The molecular formula is C20H19F3O4. The predicted octanol–water partition coefficient (Wildman–Crippen LogP) is 5.22. The van der Waals surface area contributed by atoms with E-state index < -0.39 is 13.0 Å². The number of methoxy groups -OCH3 is 2. The van der Waals surface area contributed by atoms with Gasteiger partial charge in [-0.1, -0.05) is 6.58 Å². The quantitative estimate of drug-likeness (QED) is 0.589. The lowest BCUT2D eigenvalue weighted by Gasteiger charge is -2.15. The third kappa shape index (κ3) is 5.21. The lowest BCUT2D eigenvalue weighted by molar-refractivity contribution is -0.0533. The van der Waals surface area contributed by atoms with E-state index in [1.54, 1.807) is 18.2 Å². The highest BCUT2D eigenvalue weighted by molar-refractivity contribution is 5.81. The Labute approximate surface area is 155 Å². The summed E-state index contributed by atoms with van der Waals surface area (Å²) in [5, 5.41) is 0. The Hall–Kier alpha value is -3.05. The Balaban J connectivity index is 2.53. The maximum absolute atomic E-state index is 13.3. The summed E-state index contributed by atoms with van der Waals surface area (Å²) in [7, 11) is 3.03. The summed E-state index contributed by atoms with van der Waals surface area (Å²) >= 11 is 0. The van der Waals surface area contributed by atoms with E-state index >= 15 is 0 Å². The van der Waals surface area contributed by atoms with Crippen LogP contribution >= 0.6 is 0 Å². The molecule has 0 amide bonds. The second-order valence-corrected chi connectivity index (χ2v) is 5.35. The number of hydrogen-bond acceptors (Lipinski definition) is 4. The molecule has 0 aliphatic carbocycles. The van der Waals surface area contributed by atoms with E-state index in [1.807, 2.05) is 0 Å². The molecule has 144 valence electrons. The average Bonchev–Trinajstić information content (AvgIpc) is 2.63. The van der Waals surface area contributed by atoms with Gasteiger partial charge in [0.2, 0.25) is 6.36 Å². The van der Waals surface area contributed by atoms with Crippen LogP contribution in [0.1, 0.15) is 18.1 Å². The summed E-state index contributed by atoms with van der Waals surface area (Å²) in [6.07, 6.45) is -1.71. The first-order valence-electron chi connectivity index (χ1n) is 7.91. The van der Waals surface area contributed by atoms with Crippen molar-refractivity contribution in [3.05, 3.63) is 59.8 Å². The molecule has 2 aromatic rings. The molecule has 0 heterocycles. The molecule has 0 aromatic heterocycles. The highest BCUT2D eigenvalue weighted by atomic mass is 19.3. The van der Waals surface area contributed by atoms with Gasteiger partial charge in [-0.3, -0.25) is 0 Å². The van der Waals surface area contributed by atoms with Crippen molar-refractivity contribution >= 4 is 5.57 Å². The largest absolute Gasteiger partial charge is 0.497 e. The average molecular weight is 380 g/mol. The lowest BCUT2D eigenvalue weighted by atomic mass is 9.98. The molecule has 0 saturated heterocycles. The summed E-state index contributed by atoms with van der Waals surface area (Å²) in [4.78, 5) is 0. The molecule has 0 N–H and O–H groups in total. The lowest BCUT2D eigenvalue weighted by Crippen LogP contribution is -2.08. The fraction of sp³-hybridized carbons (Fsp3) is 0.250. The number of halogens is 3. The Morgan fingerprint density at radius 2 is 1.52 bits per heavy atom. The van der Waals surface area contributed by atoms with E-state index in [4.69, 9.17) is 14.2 Å². The first-order valence-corrected chi connectivity index (χ1v) is 7.91. The van der Waals surface area contributed by atoms with E-state index in [-0.39, 0.29) is 11.5 Å². The summed E-state index contributed by atoms with van der Waals surface area (Å²) in [6.45, 7) is 1.75. The van der Waals surface area contributed by atoms with Crippen molar-refractivity contribution in [3.63, 3.8) is 0 Å². The number of benzene rings is 2. The van der Waals surface area contributed by atoms with Crippen molar-refractivity contribution < 1.29 is 32.1 Å². The van der Waals surface area contributed by atoms with Gasteiger partial charge in [0.25, 0.3) is 0 Å². The smallest absolute Gasteiger partial charge is 0.387 e. The van der Waals surface area contributed by atoms with Crippen LogP contribution in [0.25, 0.3) is 5.57 Å². The minimum absolute atomic E-state index is 0.162. The molecule has 0 bridgehead atoms. The first-order chi connectivity index (χ1) is 12.9. The van der Waals surface area contributed by atoms with E-state index in [9.17, 15) is 13.2 Å². The van der Waals surface area contributed by atoms with Gasteiger partial charge in [-0.2, -0.15) is 8.78 Å². The topological polar surface area (TPSA) is 36.9 Å². The molecule has 1 atom stereocenters. The predicted molar refractivity (Wildman–Crippen MR) is 95.5 cm³/mol. The molecule has 0 saturated carbocycles. The monoisotopic (exact) mass is 380 g/mol. The van der Waals surface area contributed by atoms with Crippen LogP contribution in [-0.4, -0.2) is 27.2 Å². The Morgan fingerprint density at radius 1 is 0.889 bits per heavy atom. The summed E-state index contributed by atoms with van der Waals surface area (Å²) in [5.74, 6) is 0.655. The number of ether oxygens (including phenoxy) is 4. The van der Waals surface area contributed by atoms with E-state index in [2.05, 4.69) is 17.0 Å². The van der Waals surface area contributed by atoms with Crippen LogP contribution < -0.4 is 18.9 Å². The third-order valence-electron chi connectivity index (χ3n) is 3.55. The molecule has 2 rings (SSSR count). The van der Waals surface area contributed by atoms with Gasteiger partial charge in [-0.05, 0) is 41.5 Å². The molecule has 0 fully saturated rings. The maximum atomic E-state index is 13.3. The van der Waals surface area contributed by atoms with Crippen LogP contribution in [0.15, 0.2) is 48.7 Å². The molecule has 0 aliphatic rings. The van der Waals surface area contributed by atoms with Crippen LogP contribution in [0.4, 0.5) is 13.2 Å². The SMILES string of the molecule is C=C=C(c1cc(OC)cc(OC)c1)c1ccc(OC(F)F)c(OC(C)F)c1. The van der Waals surface area contributed by atoms with Crippen molar-refractivity contribution in [1.29, 1.82) is 0 Å². The van der Waals surface area contributed by atoms with Gasteiger partial charge in [0.15, 0.2) is 11.5 Å².